The SMILES string of the molecule is O=C(O)[C@@H]1CN(Cc2coc(-c3ccccc3)n2)C[C@H]1C(F)(F)F. The fourth-order valence-electron chi connectivity index (χ4n) is 2.92. The van der Waals surface area contributed by atoms with Crippen molar-refractivity contribution in [1.82, 2.24) is 9.88 Å². The Kier molecular flexibility index (Phi) is 4.31. The Hall–Kier alpha value is -2.35. The van der Waals surface area contributed by atoms with Crippen LogP contribution >= 0.6 is 0 Å². The second kappa shape index (κ2) is 6.27. The summed E-state index contributed by atoms with van der Waals surface area (Å²) in [6.07, 6.45) is -3.14. The number of rotatable bonds is 4. The van der Waals surface area contributed by atoms with Gasteiger partial charge in [0.05, 0.1) is 17.5 Å². The first-order valence-electron chi connectivity index (χ1n) is 7.36. The molecule has 2 atom stereocenters. The average Bonchev–Trinajstić information content (AvgIpc) is 3.15. The van der Waals surface area contributed by atoms with Crippen molar-refractivity contribution < 1.29 is 27.5 Å². The molecular weight excluding hydrogens is 325 g/mol. The highest BCUT2D eigenvalue weighted by atomic mass is 19.4. The zero-order valence-corrected chi connectivity index (χ0v) is 12.5. The second-order valence-corrected chi connectivity index (χ2v) is 5.80. The van der Waals surface area contributed by atoms with Gasteiger partial charge in [-0.2, -0.15) is 13.2 Å². The molecule has 0 unspecified atom stereocenters. The summed E-state index contributed by atoms with van der Waals surface area (Å²) < 4.78 is 44.3. The van der Waals surface area contributed by atoms with Crippen molar-refractivity contribution in [3.05, 3.63) is 42.3 Å². The predicted octanol–water partition coefficient (Wildman–Crippen LogP) is 3.04. The Bertz CT molecular complexity index is 715. The summed E-state index contributed by atoms with van der Waals surface area (Å²) in [6.45, 7) is -0.395. The minimum absolute atomic E-state index is 0.118. The molecule has 0 aliphatic carbocycles. The number of nitrogens with zero attached hydrogens (tertiary/aromatic N) is 2. The standard InChI is InChI=1S/C16H15F3N2O3/c17-16(18,19)13-8-21(7-12(13)15(22)23)6-11-9-24-14(20-11)10-4-2-1-3-5-10/h1-5,9,12-13H,6-8H2,(H,22,23)/t12-,13-/m1/s1. The van der Waals surface area contributed by atoms with Gasteiger partial charge in [-0.15, -0.1) is 0 Å². The largest absolute Gasteiger partial charge is 0.481 e. The highest BCUT2D eigenvalue weighted by Gasteiger charge is 2.52. The van der Waals surface area contributed by atoms with Crippen LogP contribution in [0.3, 0.4) is 0 Å². The number of carbonyl (C=O) groups is 1. The molecule has 2 heterocycles. The maximum Gasteiger partial charge on any atom is 0.393 e. The van der Waals surface area contributed by atoms with Gasteiger partial charge in [0.2, 0.25) is 5.89 Å². The van der Waals surface area contributed by atoms with Crippen LogP contribution in [0, 0.1) is 11.8 Å². The number of benzene rings is 1. The lowest BCUT2D eigenvalue weighted by Gasteiger charge is -2.18. The van der Waals surface area contributed by atoms with Crippen molar-refractivity contribution in [3.8, 4) is 11.5 Å². The van der Waals surface area contributed by atoms with Gasteiger partial charge in [0.25, 0.3) is 0 Å². The number of aromatic nitrogens is 1. The third-order valence-corrected chi connectivity index (χ3v) is 4.09. The molecule has 0 amide bonds. The Morgan fingerprint density at radius 1 is 1.29 bits per heavy atom. The molecule has 0 spiro atoms. The number of oxazole rings is 1. The Morgan fingerprint density at radius 3 is 2.58 bits per heavy atom. The average molecular weight is 340 g/mol. The van der Waals surface area contributed by atoms with Gasteiger partial charge >= 0.3 is 12.1 Å². The molecule has 5 nitrogen and oxygen atoms in total. The molecule has 0 saturated carbocycles. The lowest BCUT2D eigenvalue weighted by atomic mass is 9.96. The zero-order valence-electron chi connectivity index (χ0n) is 12.5. The van der Waals surface area contributed by atoms with Crippen LogP contribution in [0.4, 0.5) is 13.2 Å². The minimum Gasteiger partial charge on any atom is -0.481 e. The number of hydrogen-bond acceptors (Lipinski definition) is 4. The van der Waals surface area contributed by atoms with E-state index in [1.54, 1.807) is 0 Å². The van der Waals surface area contributed by atoms with Crippen molar-refractivity contribution in [2.45, 2.75) is 12.7 Å². The maximum atomic E-state index is 13.0. The molecule has 1 aromatic carbocycles. The number of hydrogen-bond donors (Lipinski definition) is 1. The van der Waals surface area contributed by atoms with Gasteiger partial charge in [-0.3, -0.25) is 9.69 Å². The van der Waals surface area contributed by atoms with Crippen molar-refractivity contribution in [1.29, 1.82) is 0 Å². The molecule has 1 saturated heterocycles. The van der Waals surface area contributed by atoms with E-state index in [4.69, 9.17) is 9.52 Å². The molecule has 1 aliphatic heterocycles. The molecule has 1 fully saturated rings. The van der Waals surface area contributed by atoms with Crippen LogP contribution in [0.15, 0.2) is 41.0 Å². The van der Waals surface area contributed by atoms with Gasteiger partial charge in [0.1, 0.15) is 6.26 Å². The summed E-state index contributed by atoms with van der Waals surface area (Å²) in [7, 11) is 0. The second-order valence-electron chi connectivity index (χ2n) is 5.80. The fourth-order valence-corrected chi connectivity index (χ4v) is 2.92. The monoisotopic (exact) mass is 340 g/mol. The van der Waals surface area contributed by atoms with Crippen molar-refractivity contribution in [2.75, 3.05) is 13.1 Å². The predicted molar refractivity (Wildman–Crippen MR) is 77.9 cm³/mol. The first kappa shape index (κ1) is 16.5. The summed E-state index contributed by atoms with van der Waals surface area (Å²) in [4.78, 5) is 16.8. The fraction of sp³-hybridized carbons (Fsp3) is 0.375. The Labute approximate surface area is 135 Å². The van der Waals surface area contributed by atoms with Gasteiger partial charge in [0, 0.05) is 25.2 Å². The van der Waals surface area contributed by atoms with E-state index in [1.165, 1.54) is 11.2 Å². The summed E-state index contributed by atoms with van der Waals surface area (Å²) in [5.41, 5.74) is 1.24. The first-order valence-corrected chi connectivity index (χ1v) is 7.36. The lowest BCUT2D eigenvalue weighted by Crippen LogP contribution is -2.33. The van der Waals surface area contributed by atoms with Crippen LogP contribution in [0.2, 0.25) is 0 Å². The molecule has 128 valence electrons. The third kappa shape index (κ3) is 3.43. The molecule has 3 rings (SSSR count). The number of carboxylic acid groups (broad SMARTS) is 1. The van der Waals surface area contributed by atoms with E-state index in [1.807, 2.05) is 30.3 Å². The van der Waals surface area contributed by atoms with Crippen molar-refractivity contribution in [3.63, 3.8) is 0 Å². The molecule has 0 bridgehead atoms. The lowest BCUT2D eigenvalue weighted by molar-refractivity contribution is -0.188. The van der Waals surface area contributed by atoms with E-state index in [2.05, 4.69) is 4.98 Å². The van der Waals surface area contributed by atoms with E-state index in [-0.39, 0.29) is 19.6 Å². The number of halogens is 3. The Balaban J connectivity index is 1.71. The van der Waals surface area contributed by atoms with Crippen molar-refractivity contribution >= 4 is 5.97 Å². The molecule has 2 aromatic rings. The normalized spacial score (nSPS) is 22.0. The summed E-state index contributed by atoms with van der Waals surface area (Å²) in [5.74, 6) is -4.36. The first-order chi connectivity index (χ1) is 11.3. The quantitative estimate of drug-likeness (QED) is 0.927. The molecule has 8 heteroatoms. The Morgan fingerprint density at radius 2 is 2.00 bits per heavy atom. The molecular formula is C16H15F3N2O3. The van der Waals surface area contributed by atoms with E-state index in [9.17, 15) is 18.0 Å². The van der Waals surface area contributed by atoms with Gasteiger partial charge in [-0.05, 0) is 12.1 Å². The highest BCUT2D eigenvalue weighted by Crippen LogP contribution is 2.38. The molecule has 1 N–H and O–H groups in total. The zero-order chi connectivity index (χ0) is 17.3. The summed E-state index contributed by atoms with van der Waals surface area (Å²) in [5, 5.41) is 9.02. The molecule has 1 aromatic heterocycles. The number of carboxylic acids is 1. The van der Waals surface area contributed by atoms with Crippen LogP contribution in [-0.4, -0.2) is 40.2 Å². The van der Waals surface area contributed by atoms with Gasteiger partial charge < -0.3 is 9.52 Å². The minimum atomic E-state index is -4.53. The van der Waals surface area contributed by atoms with E-state index in [0.717, 1.165) is 5.56 Å². The van der Waals surface area contributed by atoms with Crippen LogP contribution in [-0.2, 0) is 11.3 Å². The van der Waals surface area contributed by atoms with Crippen LogP contribution in [0.5, 0.6) is 0 Å². The molecule has 0 radical (unpaired) electrons. The maximum absolute atomic E-state index is 13.0. The van der Waals surface area contributed by atoms with Gasteiger partial charge in [-0.1, -0.05) is 18.2 Å². The smallest absolute Gasteiger partial charge is 0.393 e. The van der Waals surface area contributed by atoms with E-state index in [0.29, 0.717) is 11.6 Å². The summed E-state index contributed by atoms with van der Waals surface area (Å²) in [6, 6.07) is 9.12. The summed E-state index contributed by atoms with van der Waals surface area (Å²) >= 11 is 0. The van der Waals surface area contributed by atoms with Crippen LogP contribution in [0.1, 0.15) is 5.69 Å². The number of alkyl halides is 3. The van der Waals surface area contributed by atoms with Gasteiger partial charge in [0.15, 0.2) is 0 Å². The van der Waals surface area contributed by atoms with Crippen LogP contribution < -0.4 is 0 Å². The van der Waals surface area contributed by atoms with E-state index >= 15 is 0 Å². The molecule has 24 heavy (non-hydrogen) atoms. The third-order valence-electron chi connectivity index (χ3n) is 4.09. The number of aliphatic carboxylic acids is 1. The van der Waals surface area contributed by atoms with Crippen molar-refractivity contribution in [2.24, 2.45) is 11.8 Å². The van der Waals surface area contributed by atoms with E-state index < -0.39 is 24.0 Å². The highest BCUT2D eigenvalue weighted by molar-refractivity contribution is 5.71. The van der Waals surface area contributed by atoms with Gasteiger partial charge in [-0.25, -0.2) is 4.98 Å². The number of likely N-dealkylation sites (tertiary alicyclic amines) is 1. The van der Waals surface area contributed by atoms with Crippen LogP contribution in [0.25, 0.3) is 11.5 Å². The molecule has 1 aliphatic rings. The topological polar surface area (TPSA) is 66.6 Å².